The largest absolute Gasteiger partial charge is 0.463 e. The molecule has 0 spiro atoms. The predicted octanol–water partition coefficient (Wildman–Crippen LogP) is 3.83. The van der Waals surface area contributed by atoms with E-state index in [0.717, 1.165) is 12.5 Å². The molecule has 0 aliphatic carbocycles. The summed E-state index contributed by atoms with van der Waals surface area (Å²) < 4.78 is 4.58. The van der Waals surface area contributed by atoms with Gasteiger partial charge >= 0.3 is 5.97 Å². The van der Waals surface area contributed by atoms with Crippen LogP contribution in [-0.4, -0.2) is 18.1 Å². The molecule has 0 aliphatic rings. The second-order valence-electron chi connectivity index (χ2n) is 3.86. The van der Waals surface area contributed by atoms with E-state index in [4.69, 9.17) is 0 Å². The lowest BCUT2D eigenvalue weighted by Gasteiger charge is -1.94. The molecular weight excluding hydrogens is 228 g/mol. The summed E-state index contributed by atoms with van der Waals surface area (Å²) >= 11 is 0. The Kier molecular flexibility index (Phi) is 26.1. The van der Waals surface area contributed by atoms with Gasteiger partial charge in [0.1, 0.15) is 0 Å². The first-order chi connectivity index (χ1) is 8.22. The summed E-state index contributed by atoms with van der Waals surface area (Å²) in [5, 5.41) is 0. The van der Waals surface area contributed by atoms with Gasteiger partial charge in [-0.2, -0.15) is 0 Å². The molecule has 2 N–H and O–H groups in total. The van der Waals surface area contributed by atoms with Crippen molar-refractivity contribution in [3.05, 3.63) is 25.3 Å². The summed E-state index contributed by atoms with van der Waals surface area (Å²) in [5.74, 6) is -0.341. The van der Waals surface area contributed by atoms with Gasteiger partial charge in [0.05, 0.1) is 6.61 Å². The van der Waals surface area contributed by atoms with Crippen LogP contribution in [0.2, 0.25) is 0 Å². The fraction of sp³-hybridized carbons (Fsp3) is 0.667. The van der Waals surface area contributed by atoms with Gasteiger partial charge in [0.15, 0.2) is 0 Å². The Labute approximate surface area is 112 Å². The zero-order chi connectivity index (χ0) is 13.4. The van der Waals surface area contributed by atoms with E-state index in [1.54, 1.807) is 0 Å². The van der Waals surface area contributed by atoms with Crippen molar-refractivity contribution < 1.29 is 15.0 Å². The summed E-state index contributed by atoms with van der Waals surface area (Å²) in [6.45, 7) is 11.6. The molecule has 0 amide bonds. The van der Waals surface area contributed by atoms with Crippen molar-refractivity contribution in [1.82, 2.24) is 0 Å². The number of unbranched alkanes of at least 4 members (excludes halogenated alkanes) is 5. The first-order valence-electron chi connectivity index (χ1n) is 6.62. The van der Waals surface area contributed by atoms with Gasteiger partial charge in [0.2, 0.25) is 0 Å². The van der Waals surface area contributed by atoms with E-state index in [2.05, 4.69) is 24.8 Å². The summed E-state index contributed by atoms with van der Waals surface area (Å²) in [6.07, 6.45) is 12.1. The molecule has 3 heteroatoms. The third-order valence-corrected chi connectivity index (χ3v) is 2.13. The lowest BCUT2D eigenvalue weighted by Crippen LogP contribution is -1.99. The lowest BCUT2D eigenvalue weighted by molar-refractivity contribution is -0.137. The highest BCUT2D eigenvalue weighted by Gasteiger charge is 1.89. The maximum atomic E-state index is 10.2. The quantitative estimate of drug-likeness (QED) is 0.273. The zero-order valence-corrected chi connectivity index (χ0v) is 12.0. The Balaban J connectivity index is -0.000000238. The molecule has 0 bridgehead atoms. The molecule has 0 aliphatic heterocycles. The van der Waals surface area contributed by atoms with Crippen molar-refractivity contribution in [2.45, 2.75) is 58.8 Å². The van der Waals surface area contributed by atoms with Gasteiger partial charge in [-0.25, -0.2) is 4.79 Å². The highest BCUT2D eigenvalue weighted by atomic mass is 16.5. The van der Waals surface area contributed by atoms with Crippen LogP contribution in [0, 0.1) is 0 Å². The topological polar surface area (TPSA) is 57.8 Å². The Hall–Kier alpha value is -1.09. The summed E-state index contributed by atoms with van der Waals surface area (Å²) in [4.78, 5) is 10.2. The highest BCUT2D eigenvalue weighted by Crippen LogP contribution is 2.04. The smallest absolute Gasteiger partial charge is 0.330 e. The standard InChI is InChI=1S/C9H18.C6H10O2.H2O/c1-3-5-7-9-8-6-4-2;1-3-5-8-6(7)4-2;/h3H,1,4-9H2,2H3;4H,2-3,5H2,1H3;1H2. The summed E-state index contributed by atoms with van der Waals surface area (Å²) in [5.41, 5.74) is 0. The molecule has 0 rings (SSSR count). The Morgan fingerprint density at radius 1 is 1.06 bits per heavy atom. The van der Waals surface area contributed by atoms with Gasteiger partial charge in [0, 0.05) is 6.08 Å². The molecule has 0 atom stereocenters. The molecule has 0 fully saturated rings. The molecule has 18 heavy (non-hydrogen) atoms. The monoisotopic (exact) mass is 258 g/mol. The first kappa shape index (κ1) is 22.1. The minimum absolute atomic E-state index is 0. The fourth-order valence-corrected chi connectivity index (χ4v) is 1.15. The van der Waals surface area contributed by atoms with Crippen LogP contribution in [-0.2, 0) is 9.53 Å². The van der Waals surface area contributed by atoms with E-state index in [0.29, 0.717) is 6.61 Å². The van der Waals surface area contributed by atoms with Gasteiger partial charge in [-0.1, -0.05) is 52.2 Å². The average molecular weight is 258 g/mol. The molecule has 3 nitrogen and oxygen atoms in total. The number of hydrogen-bond acceptors (Lipinski definition) is 2. The van der Waals surface area contributed by atoms with Crippen LogP contribution >= 0.6 is 0 Å². The van der Waals surface area contributed by atoms with Crippen molar-refractivity contribution in [3.63, 3.8) is 0 Å². The molecule has 0 saturated carbocycles. The van der Waals surface area contributed by atoms with Crippen LogP contribution in [0.15, 0.2) is 25.3 Å². The third-order valence-electron chi connectivity index (χ3n) is 2.13. The van der Waals surface area contributed by atoms with Gasteiger partial charge in [0.25, 0.3) is 0 Å². The number of rotatable bonds is 9. The number of hydrogen-bond donors (Lipinski definition) is 0. The van der Waals surface area contributed by atoms with E-state index >= 15 is 0 Å². The lowest BCUT2D eigenvalue weighted by atomic mass is 10.1. The molecule has 0 heterocycles. The van der Waals surface area contributed by atoms with Crippen LogP contribution < -0.4 is 0 Å². The molecule has 0 radical (unpaired) electrons. The molecule has 0 aromatic heterocycles. The molecule has 0 unspecified atom stereocenters. The Morgan fingerprint density at radius 2 is 1.67 bits per heavy atom. The van der Waals surface area contributed by atoms with Crippen LogP contribution in [0.4, 0.5) is 0 Å². The van der Waals surface area contributed by atoms with Crippen molar-refractivity contribution >= 4 is 5.97 Å². The number of ether oxygens (including phenoxy) is 1. The van der Waals surface area contributed by atoms with Crippen LogP contribution in [0.1, 0.15) is 58.8 Å². The molecular formula is C15H30O3. The molecule has 0 aromatic rings. The predicted molar refractivity (Wildman–Crippen MR) is 78.6 cm³/mol. The first-order valence-corrected chi connectivity index (χ1v) is 6.62. The second kappa shape index (κ2) is 21.2. The van der Waals surface area contributed by atoms with Crippen LogP contribution in [0.25, 0.3) is 0 Å². The van der Waals surface area contributed by atoms with Crippen molar-refractivity contribution in [2.24, 2.45) is 0 Å². The maximum absolute atomic E-state index is 10.2. The average Bonchev–Trinajstić information content (AvgIpc) is 2.36. The number of esters is 1. The second-order valence-corrected chi connectivity index (χ2v) is 3.86. The number of carbonyl (C=O) groups is 1. The summed E-state index contributed by atoms with van der Waals surface area (Å²) in [7, 11) is 0. The van der Waals surface area contributed by atoms with E-state index in [9.17, 15) is 4.79 Å². The fourth-order valence-electron chi connectivity index (χ4n) is 1.15. The third kappa shape index (κ3) is 24.2. The van der Waals surface area contributed by atoms with Gasteiger partial charge in [-0.15, -0.1) is 6.58 Å². The minimum Gasteiger partial charge on any atom is -0.463 e. The zero-order valence-electron chi connectivity index (χ0n) is 12.0. The van der Waals surface area contributed by atoms with Crippen molar-refractivity contribution in [1.29, 1.82) is 0 Å². The number of allylic oxidation sites excluding steroid dienone is 1. The summed E-state index contributed by atoms with van der Waals surface area (Å²) in [6, 6.07) is 0. The Morgan fingerprint density at radius 3 is 2.11 bits per heavy atom. The normalized spacial score (nSPS) is 8.33. The van der Waals surface area contributed by atoms with Crippen molar-refractivity contribution in [2.75, 3.05) is 6.61 Å². The van der Waals surface area contributed by atoms with E-state index in [1.165, 1.54) is 38.5 Å². The molecule has 108 valence electrons. The van der Waals surface area contributed by atoms with Gasteiger partial charge in [-0.3, -0.25) is 0 Å². The molecule has 0 saturated heterocycles. The van der Waals surface area contributed by atoms with E-state index in [1.807, 2.05) is 13.0 Å². The maximum Gasteiger partial charge on any atom is 0.330 e. The van der Waals surface area contributed by atoms with Crippen LogP contribution in [0.5, 0.6) is 0 Å². The van der Waals surface area contributed by atoms with Crippen molar-refractivity contribution in [3.8, 4) is 0 Å². The Bertz CT molecular complexity index is 188. The number of carbonyl (C=O) groups excluding carboxylic acids is 1. The minimum atomic E-state index is -0.341. The SMILES string of the molecule is C=CC(=O)OCCC.C=CCCCCCCC.O. The van der Waals surface area contributed by atoms with Gasteiger partial charge in [-0.05, 0) is 19.3 Å². The van der Waals surface area contributed by atoms with Crippen LogP contribution in [0.3, 0.4) is 0 Å². The van der Waals surface area contributed by atoms with E-state index in [-0.39, 0.29) is 11.4 Å². The molecule has 0 aromatic carbocycles. The van der Waals surface area contributed by atoms with Gasteiger partial charge < -0.3 is 10.2 Å². The van der Waals surface area contributed by atoms with E-state index < -0.39 is 0 Å². The highest BCUT2D eigenvalue weighted by molar-refractivity contribution is 5.81.